The lowest BCUT2D eigenvalue weighted by Crippen LogP contribution is -2.29. The van der Waals surface area contributed by atoms with E-state index in [1.165, 1.54) is 13.2 Å². The fourth-order valence-corrected chi connectivity index (χ4v) is 3.22. The number of hydrogen-bond acceptors (Lipinski definition) is 5. The Kier molecular flexibility index (Phi) is 4.74. The van der Waals surface area contributed by atoms with E-state index >= 15 is 0 Å². The van der Waals surface area contributed by atoms with Gasteiger partial charge in [-0.3, -0.25) is 9.59 Å². The topological polar surface area (TPSA) is 76.5 Å². The summed E-state index contributed by atoms with van der Waals surface area (Å²) < 4.78 is 6.95. The summed E-state index contributed by atoms with van der Waals surface area (Å²) in [4.78, 5) is 31.2. The molecule has 1 amide bonds. The smallest absolute Gasteiger partial charge is 0.257 e. The van der Waals surface area contributed by atoms with Gasteiger partial charge in [-0.05, 0) is 18.9 Å². The fraction of sp³-hybridized carbons (Fsp3) is 0.389. The van der Waals surface area contributed by atoms with Gasteiger partial charge in [-0.15, -0.1) is 0 Å². The number of amides is 1. The van der Waals surface area contributed by atoms with Gasteiger partial charge in [0, 0.05) is 50.7 Å². The van der Waals surface area contributed by atoms with Gasteiger partial charge in [-0.25, -0.2) is 4.98 Å². The first-order valence-electron chi connectivity index (χ1n) is 8.23. The molecule has 0 aliphatic carbocycles. The van der Waals surface area contributed by atoms with Crippen LogP contribution in [0.4, 0.5) is 5.82 Å². The van der Waals surface area contributed by atoms with Crippen molar-refractivity contribution in [2.75, 3.05) is 26.1 Å². The minimum Gasteiger partial charge on any atom is -0.496 e. The van der Waals surface area contributed by atoms with E-state index in [1.54, 1.807) is 10.8 Å². The molecule has 1 N–H and O–H groups in total. The molecule has 2 aromatic rings. The van der Waals surface area contributed by atoms with Gasteiger partial charge in [0.05, 0.1) is 7.11 Å². The molecule has 25 heavy (non-hydrogen) atoms. The molecule has 0 atom stereocenters. The molecule has 2 aromatic heterocycles. The average molecular weight is 342 g/mol. The minimum absolute atomic E-state index is 0.122. The fourth-order valence-electron chi connectivity index (χ4n) is 3.22. The van der Waals surface area contributed by atoms with E-state index in [0.717, 1.165) is 23.5 Å². The van der Waals surface area contributed by atoms with Gasteiger partial charge in [0.1, 0.15) is 17.1 Å². The number of ether oxygens (including phenoxy) is 1. The first-order chi connectivity index (χ1) is 12.0. The van der Waals surface area contributed by atoms with Crippen LogP contribution in [0.2, 0.25) is 0 Å². The van der Waals surface area contributed by atoms with Crippen molar-refractivity contribution in [3.8, 4) is 5.75 Å². The van der Waals surface area contributed by atoms with Crippen molar-refractivity contribution in [1.29, 1.82) is 0 Å². The summed E-state index contributed by atoms with van der Waals surface area (Å²) in [5.74, 6) is 0.898. The highest BCUT2D eigenvalue weighted by atomic mass is 16.5. The third-order valence-electron chi connectivity index (χ3n) is 4.35. The first-order valence-corrected chi connectivity index (χ1v) is 8.23. The second-order valence-corrected chi connectivity index (χ2v) is 6.19. The molecule has 1 aliphatic rings. The zero-order valence-corrected chi connectivity index (χ0v) is 14.7. The summed E-state index contributed by atoms with van der Waals surface area (Å²) in [7, 11) is 5.29. The number of fused-ring (bicyclic) bond motifs is 1. The highest BCUT2D eigenvalue weighted by Crippen LogP contribution is 2.25. The van der Waals surface area contributed by atoms with Gasteiger partial charge in [0.25, 0.3) is 11.5 Å². The Labute approximate surface area is 146 Å². The van der Waals surface area contributed by atoms with Crippen LogP contribution in [-0.2, 0) is 19.5 Å². The molecule has 3 rings (SSSR count). The van der Waals surface area contributed by atoms with Crippen molar-refractivity contribution in [2.45, 2.75) is 25.9 Å². The number of nitrogens with one attached hydrogen (secondary N) is 1. The number of carbonyl (C=O) groups is 1. The number of pyridine rings is 2. The van der Waals surface area contributed by atoms with Gasteiger partial charge in [-0.1, -0.05) is 6.07 Å². The van der Waals surface area contributed by atoms with Crippen LogP contribution in [0.1, 0.15) is 28.0 Å². The van der Waals surface area contributed by atoms with Crippen LogP contribution >= 0.6 is 0 Å². The summed E-state index contributed by atoms with van der Waals surface area (Å²) in [5, 5.41) is 2.93. The van der Waals surface area contributed by atoms with E-state index in [1.807, 2.05) is 31.1 Å². The SMILES string of the molecule is COc1cc(=O)n2c(c1C(=O)NCc1cccnc1N(C)C)CCC2. The van der Waals surface area contributed by atoms with Crippen LogP contribution in [0, 0.1) is 0 Å². The summed E-state index contributed by atoms with van der Waals surface area (Å²) in [6.45, 7) is 0.994. The molecular weight excluding hydrogens is 320 g/mol. The van der Waals surface area contributed by atoms with Gasteiger partial charge < -0.3 is 19.5 Å². The highest BCUT2D eigenvalue weighted by Gasteiger charge is 2.25. The van der Waals surface area contributed by atoms with E-state index in [-0.39, 0.29) is 11.5 Å². The van der Waals surface area contributed by atoms with Gasteiger partial charge >= 0.3 is 0 Å². The van der Waals surface area contributed by atoms with Crippen LogP contribution in [0.25, 0.3) is 0 Å². The minimum atomic E-state index is -0.240. The number of anilines is 1. The third-order valence-corrected chi connectivity index (χ3v) is 4.35. The molecule has 7 heteroatoms. The van der Waals surface area contributed by atoms with Crippen molar-refractivity contribution < 1.29 is 9.53 Å². The molecule has 0 fully saturated rings. The van der Waals surface area contributed by atoms with Gasteiger partial charge in [0.15, 0.2) is 0 Å². The monoisotopic (exact) mass is 342 g/mol. The molecule has 0 unspecified atom stereocenters. The number of hydrogen-bond donors (Lipinski definition) is 1. The number of nitrogens with zero attached hydrogens (tertiary/aromatic N) is 3. The Morgan fingerprint density at radius 1 is 1.44 bits per heavy atom. The predicted molar refractivity (Wildman–Crippen MR) is 95.3 cm³/mol. The van der Waals surface area contributed by atoms with Crippen LogP contribution in [0.3, 0.4) is 0 Å². The summed E-state index contributed by atoms with van der Waals surface area (Å²) in [6, 6.07) is 5.16. The molecule has 0 saturated heterocycles. The Morgan fingerprint density at radius 3 is 2.96 bits per heavy atom. The molecule has 0 radical (unpaired) electrons. The molecular formula is C18H22N4O3. The zero-order valence-electron chi connectivity index (χ0n) is 14.7. The lowest BCUT2D eigenvalue weighted by Gasteiger charge is -2.17. The number of rotatable bonds is 5. The lowest BCUT2D eigenvalue weighted by molar-refractivity contribution is 0.0946. The average Bonchev–Trinajstić information content (AvgIpc) is 3.09. The van der Waals surface area contributed by atoms with Crippen molar-refractivity contribution in [1.82, 2.24) is 14.9 Å². The maximum atomic E-state index is 12.8. The number of carbonyl (C=O) groups excluding carboxylic acids is 1. The summed E-state index contributed by atoms with van der Waals surface area (Å²) >= 11 is 0. The van der Waals surface area contributed by atoms with Crippen LogP contribution < -0.4 is 20.5 Å². The maximum absolute atomic E-state index is 12.8. The maximum Gasteiger partial charge on any atom is 0.257 e. The Hall–Kier alpha value is -2.83. The van der Waals surface area contributed by atoms with Crippen LogP contribution in [-0.4, -0.2) is 36.7 Å². The van der Waals surface area contributed by atoms with Crippen LogP contribution in [0.5, 0.6) is 5.75 Å². The second kappa shape index (κ2) is 6.96. The highest BCUT2D eigenvalue weighted by molar-refractivity contribution is 5.98. The number of methoxy groups -OCH3 is 1. The van der Waals surface area contributed by atoms with Gasteiger partial charge in [-0.2, -0.15) is 0 Å². The van der Waals surface area contributed by atoms with Crippen molar-refractivity contribution in [3.63, 3.8) is 0 Å². The second-order valence-electron chi connectivity index (χ2n) is 6.19. The van der Waals surface area contributed by atoms with Crippen molar-refractivity contribution in [2.24, 2.45) is 0 Å². The van der Waals surface area contributed by atoms with E-state index in [2.05, 4.69) is 10.3 Å². The molecule has 0 bridgehead atoms. The van der Waals surface area contributed by atoms with Crippen LogP contribution in [0.15, 0.2) is 29.2 Å². The molecule has 3 heterocycles. The summed E-state index contributed by atoms with van der Waals surface area (Å²) in [6.07, 6.45) is 3.28. The Balaban J connectivity index is 1.88. The molecule has 0 spiro atoms. The molecule has 7 nitrogen and oxygen atoms in total. The number of aromatic nitrogens is 2. The molecule has 132 valence electrons. The molecule has 1 aliphatic heterocycles. The largest absolute Gasteiger partial charge is 0.496 e. The lowest BCUT2D eigenvalue weighted by atomic mass is 10.1. The first kappa shape index (κ1) is 17.0. The predicted octanol–water partition coefficient (Wildman–Crippen LogP) is 1.19. The van der Waals surface area contributed by atoms with E-state index in [9.17, 15) is 9.59 Å². The van der Waals surface area contributed by atoms with E-state index in [4.69, 9.17) is 4.74 Å². The quantitative estimate of drug-likeness (QED) is 0.883. The van der Waals surface area contributed by atoms with E-state index < -0.39 is 0 Å². The van der Waals surface area contributed by atoms with E-state index in [0.29, 0.717) is 30.8 Å². The Morgan fingerprint density at radius 2 is 2.24 bits per heavy atom. The zero-order chi connectivity index (χ0) is 18.0. The third kappa shape index (κ3) is 3.22. The molecule has 0 aromatic carbocycles. The molecule has 0 saturated carbocycles. The van der Waals surface area contributed by atoms with Crippen molar-refractivity contribution >= 4 is 11.7 Å². The normalized spacial score (nSPS) is 12.6. The standard InChI is InChI=1S/C18H22N4O3/c1-21(2)17-12(6-4-8-19-17)11-20-18(24)16-13-7-5-9-22(13)15(23)10-14(16)25-3/h4,6,8,10H,5,7,9,11H2,1-3H3,(H,20,24). The Bertz CT molecular complexity index is 858. The van der Waals surface area contributed by atoms with Gasteiger partial charge in [0.2, 0.25) is 0 Å². The summed E-state index contributed by atoms with van der Waals surface area (Å²) in [5.41, 5.74) is 2.00. The van der Waals surface area contributed by atoms with Crippen molar-refractivity contribution in [3.05, 3.63) is 51.6 Å².